The smallest absolute Gasteiger partial charge is 0.243 e. The highest BCUT2D eigenvalue weighted by Crippen LogP contribution is 2.35. The van der Waals surface area contributed by atoms with E-state index in [1.807, 2.05) is 54.7 Å². The van der Waals surface area contributed by atoms with Gasteiger partial charge in [0.2, 0.25) is 10.0 Å². The van der Waals surface area contributed by atoms with Crippen molar-refractivity contribution in [3.63, 3.8) is 0 Å². The van der Waals surface area contributed by atoms with Gasteiger partial charge in [0.1, 0.15) is 17.1 Å². The zero-order chi connectivity index (χ0) is 28.1. The van der Waals surface area contributed by atoms with Gasteiger partial charge in [0.05, 0.1) is 31.9 Å². The Balaban J connectivity index is 1.53. The molecule has 3 aromatic carbocycles. The fourth-order valence-electron chi connectivity index (χ4n) is 4.72. The van der Waals surface area contributed by atoms with E-state index in [9.17, 15) is 8.42 Å². The molecule has 5 rings (SSSR count). The predicted octanol–water partition coefficient (Wildman–Crippen LogP) is 5.49. The maximum atomic E-state index is 13.2. The van der Waals surface area contributed by atoms with Gasteiger partial charge in [0.25, 0.3) is 0 Å². The summed E-state index contributed by atoms with van der Waals surface area (Å²) in [6.07, 6.45) is 6.40. The molecule has 0 radical (unpaired) electrons. The normalized spacial score (nSPS) is 14.4. The van der Waals surface area contributed by atoms with Crippen molar-refractivity contribution < 1.29 is 22.6 Å². The van der Waals surface area contributed by atoms with Crippen LogP contribution in [0, 0.1) is 0 Å². The number of hydrogen-bond donors (Lipinski definition) is 0. The Bertz CT molecular complexity index is 1610. The van der Waals surface area contributed by atoms with Crippen LogP contribution >= 0.6 is 0 Å². The average molecular weight is 561 g/mol. The zero-order valence-corrected chi connectivity index (χ0v) is 23.6. The van der Waals surface area contributed by atoms with Crippen LogP contribution in [0.1, 0.15) is 24.8 Å². The minimum atomic E-state index is -3.59. The number of methoxy groups -OCH3 is 3. The lowest BCUT2D eigenvalue weighted by Gasteiger charge is -2.26. The van der Waals surface area contributed by atoms with Gasteiger partial charge in [-0.3, -0.25) is 4.99 Å². The van der Waals surface area contributed by atoms with Crippen molar-refractivity contribution in [2.75, 3.05) is 34.4 Å². The first-order chi connectivity index (χ1) is 19.4. The summed E-state index contributed by atoms with van der Waals surface area (Å²) in [4.78, 5) is 4.89. The van der Waals surface area contributed by atoms with Gasteiger partial charge in [-0.05, 0) is 55.3 Å². The van der Waals surface area contributed by atoms with Crippen molar-refractivity contribution >= 4 is 21.9 Å². The first kappa shape index (κ1) is 27.4. The third-order valence-electron chi connectivity index (χ3n) is 6.87. The van der Waals surface area contributed by atoms with Crippen LogP contribution in [0.4, 0.5) is 5.69 Å². The molecule has 40 heavy (non-hydrogen) atoms. The highest BCUT2D eigenvalue weighted by Gasteiger charge is 2.26. The largest absolute Gasteiger partial charge is 0.494 e. The van der Waals surface area contributed by atoms with E-state index >= 15 is 0 Å². The van der Waals surface area contributed by atoms with Crippen molar-refractivity contribution in [1.82, 2.24) is 14.1 Å². The predicted molar refractivity (Wildman–Crippen MR) is 155 cm³/mol. The van der Waals surface area contributed by atoms with Gasteiger partial charge in [-0.1, -0.05) is 24.6 Å². The summed E-state index contributed by atoms with van der Waals surface area (Å²) in [6, 6.07) is 20.2. The molecule has 1 fully saturated rings. The van der Waals surface area contributed by atoms with Crippen LogP contribution in [-0.4, -0.2) is 63.1 Å². The van der Waals surface area contributed by atoms with Gasteiger partial charge >= 0.3 is 0 Å². The van der Waals surface area contributed by atoms with E-state index < -0.39 is 10.0 Å². The summed E-state index contributed by atoms with van der Waals surface area (Å²) >= 11 is 0. The van der Waals surface area contributed by atoms with Crippen LogP contribution in [-0.2, 0) is 10.0 Å². The monoisotopic (exact) mass is 560 g/mol. The highest BCUT2D eigenvalue weighted by atomic mass is 32.2. The molecule has 208 valence electrons. The van der Waals surface area contributed by atoms with Crippen molar-refractivity contribution in [3.05, 3.63) is 78.5 Å². The first-order valence-corrected chi connectivity index (χ1v) is 14.5. The van der Waals surface area contributed by atoms with Crippen LogP contribution in [0.2, 0.25) is 0 Å². The number of ether oxygens (including phenoxy) is 3. The summed E-state index contributed by atoms with van der Waals surface area (Å²) in [7, 11) is 1.10. The van der Waals surface area contributed by atoms with Gasteiger partial charge in [0, 0.05) is 42.7 Å². The van der Waals surface area contributed by atoms with Crippen LogP contribution in [0.5, 0.6) is 17.2 Å². The molecular weight excluding hydrogens is 528 g/mol. The first-order valence-electron chi connectivity index (χ1n) is 13.0. The lowest BCUT2D eigenvalue weighted by Crippen LogP contribution is -2.35. The molecule has 10 heteroatoms. The molecular formula is C30H32N4O5S. The quantitative estimate of drug-likeness (QED) is 0.251. The summed E-state index contributed by atoms with van der Waals surface area (Å²) in [5, 5.41) is 4.85. The fourth-order valence-corrected chi connectivity index (χ4v) is 6.25. The molecule has 0 spiro atoms. The maximum Gasteiger partial charge on any atom is 0.243 e. The minimum absolute atomic E-state index is 0.202. The molecule has 0 aliphatic carbocycles. The van der Waals surface area contributed by atoms with Gasteiger partial charge < -0.3 is 14.2 Å². The van der Waals surface area contributed by atoms with E-state index in [0.717, 1.165) is 36.1 Å². The Morgan fingerprint density at radius 2 is 1.55 bits per heavy atom. The minimum Gasteiger partial charge on any atom is -0.494 e. The molecule has 1 aliphatic heterocycles. The van der Waals surface area contributed by atoms with Gasteiger partial charge in [-0.15, -0.1) is 0 Å². The van der Waals surface area contributed by atoms with Crippen molar-refractivity contribution in [1.29, 1.82) is 0 Å². The molecule has 4 aromatic rings. The number of piperidine rings is 1. The molecule has 0 N–H and O–H groups in total. The third-order valence-corrected chi connectivity index (χ3v) is 8.76. The van der Waals surface area contributed by atoms with E-state index in [1.54, 1.807) is 47.6 Å². The van der Waals surface area contributed by atoms with Gasteiger partial charge in [-0.25, -0.2) is 13.1 Å². The number of aromatic nitrogens is 2. The molecule has 0 unspecified atom stereocenters. The Labute approximate surface area is 234 Å². The number of benzene rings is 3. The van der Waals surface area contributed by atoms with Crippen molar-refractivity contribution in [2.24, 2.45) is 4.99 Å². The van der Waals surface area contributed by atoms with E-state index in [1.165, 1.54) is 7.11 Å². The second-order valence-corrected chi connectivity index (χ2v) is 11.3. The molecule has 0 atom stereocenters. The number of nitrogens with zero attached hydrogens (tertiary/aromatic N) is 4. The number of aliphatic imine (C=N–C) groups is 1. The highest BCUT2D eigenvalue weighted by molar-refractivity contribution is 7.89. The van der Waals surface area contributed by atoms with E-state index in [0.29, 0.717) is 41.7 Å². The van der Waals surface area contributed by atoms with Crippen LogP contribution in [0.15, 0.2) is 82.8 Å². The van der Waals surface area contributed by atoms with E-state index in [4.69, 9.17) is 19.3 Å². The zero-order valence-electron chi connectivity index (χ0n) is 22.8. The molecule has 1 saturated heterocycles. The van der Waals surface area contributed by atoms with Gasteiger partial charge in [-0.2, -0.15) is 9.40 Å². The summed E-state index contributed by atoms with van der Waals surface area (Å²) in [5.41, 5.74) is 3.67. The molecule has 1 aliphatic rings. The maximum absolute atomic E-state index is 13.2. The second kappa shape index (κ2) is 11.9. The number of rotatable bonds is 9. The molecule has 2 heterocycles. The average Bonchev–Trinajstić information content (AvgIpc) is 3.44. The topological polar surface area (TPSA) is 95.3 Å². The third kappa shape index (κ3) is 5.59. The summed E-state index contributed by atoms with van der Waals surface area (Å²) < 4.78 is 46.2. The van der Waals surface area contributed by atoms with Gasteiger partial charge in [0.15, 0.2) is 11.5 Å². The molecule has 0 amide bonds. The van der Waals surface area contributed by atoms with Crippen molar-refractivity contribution in [2.45, 2.75) is 24.2 Å². The van der Waals surface area contributed by atoms with Crippen LogP contribution < -0.4 is 14.2 Å². The lowest BCUT2D eigenvalue weighted by molar-refractivity contribution is 0.346. The molecule has 1 aromatic heterocycles. The second-order valence-electron chi connectivity index (χ2n) is 9.34. The summed E-state index contributed by atoms with van der Waals surface area (Å²) in [6.45, 7) is 1.07. The molecule has 0 bridgehead atoms. The van der Waals surface area contributed by atoms with E-state index in [-0.39, 0.29) is 4.90 Å². The Kier molecular flexibility index (Phi) is 8.18. The standard InChI is InChI=1S/C30H32N4O5S/c1-37-27-15-12-22(18-29(27)39-3)30-23(21-34(32-30)24-10-6-4-7-11-24)20-31-26-14-13-25(19-28(26)38-2)40(35,36)33-16-8-5-9-17-33/h4,6-7,10-15,18-21H,5,8-9,16-17H2,1-3H3. The number of para-hydroxylation sites is 1. The Hall–Kier alpha value is -4.15. The summed E-state index contributed by atoms with van der Waals surface area (Å²) in [5.74, 6) is 1.58. The molecule has 0 saturated carbocycles. The van der Waals surface area contributed by atoms with Crippen LogP contribution in [0.3, 0.4) is 0 Å². The number of hydrogen-bond acceptors (Lipinski definition) is 7. The number of sulfonamides is 1. The Morgan fingerprint density at radius 3 is 2.25 bits per heavy atom. The fraction of sp³-hybridized carbons (Fsp3) is 0.267. The van der Waals surface area contributed by atoms with Crippen molar-refractivity contribution in [3.8, 4) is 34.2 Å². The Morgan fingerprint density at radius 1 is 0.825 bits per heavy atom. The molecule has 9 nitrogen and oxygen atoms in total. The van der Waals surface area contributed by atoms with E-state index in [2.05, 4.69) is 4.99 Å². The lowest BCUT2D eigenvalue weighted by atomic mass is 10.1. The van der Waals surface area contributed by atoms with Crippen LogP contribution in [0.25, 0.3) is 16.9 Å². The SMILES string of the molecule is COc1cc(S(=O)(=O)N2CCCCC2)ccc1N=Cc1cn(-c2ccccc2)nc1-c1ccc(OC)c(OC)c1.